The van der Waals surface area contributed by atoms with E-state index in [1.807, 2.05) is 13.0 Å². The van der Waals surface area contributed by atoms with Gasteiger partial charge >= 0.3 is 5.97 Å². The predicted octanol–water partition coefficient (Wildman–Crippen LogP) is 2.88. The Morgan fingerprint density at radius 2 is 1.79 bits per heavy atom. The zero-order valence-electron chi connectivity index (χ0n) is 16.5. The molecule has 1 atom stereocenters. The molecule has 2 rings (SSSR count). The molecule has 150 valence electrons. The van der Waals surface area contributed by atoms with Crippen molar-refractivity contribution in [3.63, 3.8) is 0 Å². The van der Waals surface area contributed by atoms with Crippen LogP contribution in [0.1, 0.15) is 28.4 Å². The minimum atomic E-state index is -3.71. The highest BCUT2D eigenvalue weighted by atomic mass is 32.2. The molecule has 0 radical (unpaired) electrons. The van der Waals surface area contributed by atoms with Crippen LogP contribution in [0.5, 0.6) is 0 Å². The number of esters is 1. The van der Waals surface area contributed by atoms with Gasteiger partial charge in [0, 0.05) is 5.69 Å². The zero-order valence-corrected chi connectivity index (χ0v) is 17.3. The number of ether oxygens (including phenoxy) is 1. The quantitative estimate of drug-likeness (QED) is 0.748. The van der Waals surface area contributed by atoms with Crippen LogP contribution >= 0.6 is 0 Å². The van der Waals surface area contributed by atoms with Gasteiger partial charge in [0.15, 0.2) is 0 Å². The summed E-state index contributed by atoms with van der Waals surface area (Å²) < 4.78 is 30.5. The van der Waals surface area contributed by atoms with E-state index >= 15 is 0 Å². The highest BCUT2D eigenvalue weighted by molar-refractivity contribution is 7.92. The predicted molar refractivity (Wildman–Crippen MR) is 109 cm³/mol. The SMILES string of the molecule is COC(=O)c1ccc(C)c(NC(=O)[C@H](C)N(c2cccc(C)c2)S(C)(=O)=O)c1. The van der Waals surface area contributed by atoms with Crippen molar-refractivity contribution in [3.05, 3.63) is 59.2 Å². The molecule has 0 unspecified atom stereocenters. The summed E-state index contributed by atoms with van der Waals surface area (Å²) in [7, 11) is -2.44. The summed E-state index contributed by atoms with van der Waals surface area (Å²) in [6, 6.07) is 10.7. The van der Waals surface area contributed by atoms with Crippen LogP contribution in [0, 0.1) is 13.8 Å². The van der Waals surface area contributed by atoms with Crippen molar-refractivity contribution < 1.29 is 22.7 Å². The number of anilines is 2. The van der Waals surface area contributed by atoms with Crippen LogP contribution < -0.4 is 9.62 Å². The number of hydrogen-bond donors (Lipinski definition) is 1. The lowest BCUT2D eigenvalue weighted by atomic mass is 10.1. The number of rotatable bonds is 6. The van der Waals surface area contributed by atoms with E-state index in [1.165, 1.54) is 20.1 Å². The summed E-state index contributed by atoms with van der Waals surface area (Å²) >= 11 is 0. The minimum absolute atomic E-state index is 0.287. The van der Waals surface area contributed by atoms with Crippen LogP contribution in [0.2, 0.25) is 0 Å². The summed E-state index contributed by atoms with van der Waals surface area (Å²) in [4.78, 5) is 24.6. The monoisotopic (exact) mass is 404 g/mol. The van der Waals surface area contributed by atoms with Crippen LogP contribution in [-0.2, 0) is 19.6 Å². The van der Waals surface area contributed by atoms with E-state index in [2.05, 4.69) is 5.32 Å². The van der Waals surface area contributed by atoms with E-state index in [0.29, 0.717) is 11.4 Å². The lowest BCUT2D eigenvalue weighted by Crippen LogP contribution is -2.45. The van der Waals surface area contributed by atoms with E-state index in [4.69, 9.17) is 4.74 Å². The van der Waals surface area contributed by atoms with Crippen LogP contribution in [0.3, 0.4) is 0 Å². The van der Waals surface area contributed by atoms with Gasteiger partial charge in [-0.05, 0) is 56.2 Å². The molecule has 0 saturated carbocycles. The number of nitrogens with zero attached hydrogens (tertiary/aromatic N) is 1. The number of carbonyl (C=O) groups is 2. The standard InChI is InChI=1S/C20H24N2O5S/c1-13-7-6-8-17(11-13)22(28(5,25)26)15(3)19(23)21-18-12-16(20(24)27-4)10-9-14(18)2/h6-12,15H,1-5H3,(H,21,23)/t15-/m0/s1. The normalized spacial score (nSPS) is 12.2. The number of benzene rings is 2. The Morgan fingerprint density at radius 1 is 1.11 bits per heavy atom. The maximum Gasteiger partial charge on any atom is 0.337 e. The first-order valence-electron chi connectivity index (χ1n) is 8.60. The van der Waals surface area contributed by atoms with E-state index in [9.17, 15) is 18.0 Å². The lowest BCUT2D eigenvalue weighted by Gasteiger charge is -2.28. The van der Waals surface area contributed by atoms with Gasteiger partial charge in [-0.15, -0.1) is 0 Å². The number of nitrogens with one attached hydrogen (secondary N) is 1. The average Bonchev–Trinajstić information content (AvgIpc) is 2.61. The van der Waals surface area contributed by atoms with Gasteiger partial charge in [-0.25, -0.2) is 13.2 Å². The molecule has 1 N–H and O–H groups in total. The van der Waals surface area contributed by atoms with E-state index in [-0.39, 0.29) is 5.56 Å². The van der Waals surface area contributed by atoms with Crippen molar-refractivity contribution in [2.24, 2.45) is 0 Å². The maximum atomic E-state index is 12.8. The summed E-state index contributed by atoms with van der Waals surface area (Å²) in [6.45, 7) is 5.13. The van der Waals surface area contributed by atoms with Gasteiger partial charge in [-0.3, -0.25) is 9.10 Å². The second kappa shape index (κ2) is 8.43. The number of hydrogen-bond acceptors (Lipinski definition) is 5. The third kappa shape index (κ3) is 4.89. The number of carbonyl (C=O) groups excluding carboxylic acids is 2. The maximum absolute atomic E-state index is 12.8. The van der Waals surface area contributed by atoms with Crippen molar-refractivity contribution in [2.45, 2.75) is 26.8 Å². The third-order valence-corrected chi connectivity index (χ3v) is 5.50. The molecule has 0 saturated heterocycles. The molecule has 2 aromatic carbocycles. The largest absolute Gasteiger partial charge is 0.465 e. The second-order valence-electron chi connectivity index (χ2n) is 6.58. The Morgan fingerprint density at radius 3 is 2.36 bits per heavy atom. The average molecular weight is 404 g/mol. The lowest BCUT2D eigenvalue weighted by molar-refractivity contribution is -0.116. The molecule has 2 aromatic rings. The number of methoxy groups -OCH3 is 1. The van der Waals surface area contributed by atoms with Gasteiger partial charge in [-0.2, -0.15) is 0 Å². The Hall–Kier alpha value is -2.87. The second-order valence-corrected chi connectivity index (χ2v) is 8.44. The van der Waals surface area contributed by atoms with Crippen LogP contribution in [0.4, 0.5) is 11.4 Å². The van der Waals surface area contributed by atoms with Crippen molar-refractivity contribution in [3.8, 4) is 0 Å². The summed E-state index contributed by atoms with van der Waals surface area (Å²) in [5.74, 6) is -1.04. The van der Waals surface area contributed by atoms with Gasteiger partial charge in [-0.1, -0.05) is 18.2 Å². The zero-order chi connectivity index (χ0) is 21.1. The fourth-order valence-corrected chi connectivity index (χ4v) is 3.98. The van der Waals surface area contributed by atoms with Gasteiger partial charge in [0.05, 0.1) is 24.6 Å². The molecule has 7 nitrogen and oxygen atoms in total. The molecule has 0 aliphatic rings. The molecule has 0 heterocycles. The Balaban J connectivity index is 2.35. The molecule has 0 aliphatic heterocycles. The molecule has 0 spiro atoms. The first kappa shape index (κ1) is 21.4. The molecule has 0 fully saturated rings. The van der Waals surface area contributed by atoms with Gasteiger partial charge in [0.2, 0.25) is 15.9 Å². The van der Waals surface area contributed by atoms with Crippen LogP contribution in [0.15, 0.2) is 42.5 Å². The van der Waals surface area contributed by atoms with Crippen molar-refractivity contribution in [1.29, 1.82) is 0 Å². The summed E-state index contributed by atoms with van der Waals surface area (Å²) in [5, 5.41) is 2.71. The minimum Gasteiger partial charge on any atom is -0.465 e. The van der Waals surface area contributed by atoms with Crippen LogP contribution in [0.25, 0.3) is 0 Å². The third-order valence-electron chi connectivity index (χ3n) is 4.26. The van der Waals surface area contributed by atoms with Crippen molar-refractivity contribution >= 4 is 33.3 Å². The molecule has 8 heteroatoms. The molecule has 28 heavy (non-hydrogen) atoms. The summed E-state index contributed by atoms with van der Waals surface area (Å²) in [6.07, 6.45) is 1.06. The number of amides is 1. The molecular formula is C20H24N2O5S. The Kier molecular flexibility index (Phi) is 6.45. The summed E-state index contributed by atoms with van der Waals surface area (Å²) in [5.41, 5.74) is 2.72. The van der Waals surface area contributed by atoms with E-state index < -0.39 is 27.9 Å². The fourth-order valence-electron chi connectivity index (χ4n) is 2.81. The van der Waals surface area contributed by atoms with Gasteiger partial charge in [0.25, 0.3) is 0 Å². The smallest absolute Gasteiger partial charge is 0.337 e. The Labute approximate surface area is 165 Å². The molecule has 0 aliphatic carbocycles. The number of sulfonamides is 1. The van der Waals surface area contributed by atoms with Crippen molar-refractivity contribution in [2.75, 3.05) is 23.0 Å². The first-order valence-corrected chi connectivity index (χ1v) is 10.5. The topological polar surface area (TPSA) is 92.8 Å². The first-order chi connectivity index (χ1) is 13.0. The van der Waals surface area contributed by atoms with Crippen LogP contribution in [-0.4, -0.2) is 39.7 Å². The Bertz CT molecular complexity index is 1000. The van der Waals surface area contributed by atoms with Gasteiger partial charge in [0.1, 0.15) is 6.04 Å². The fraction of sp³-hybridized carbons (Fsp3) is 0.300. The molecule has 0 aromatic heterocycles. The van der Waals surface area contributed by atoms with Crippen molar-refractivity contribution in [1.82, 2.24) is 0 Å². The molecule has 1 amide bonds. The highest BCUT2D eigenvalue weighted by Crippen LogP contribution is 2.24. The van der Waals surface area contributed by atoms with E-state index in [0.717, 1.165) is 21.7 Å². The molecule has 0 bridgehead atoms. The number of aryl methyl sites for hydroxylation is 2. The molecular weight excluding hydrogens is 380 g/mol. The van der Waals surface area contributed by atoms with Gasteiger partial charge < -0.3 is 10.1 Å². The highest BCUT2D eigenvalue weighted by Gasteiger charge is 2.29. The van der Waals surface area contributed by atoms with E-state index in [1.54, 1.807) is 37.3 Å².